The molecule has 1 heterocycles. The molecule has 1 amide bonds. The van der Waals surface area contributed by atoms with Gasteiger partial charge in [0.2, 0.25) is 5.91 Å². The van der Waals surface area contributed by atoms with E-state index in [1.807, 2.05) is 54.7 Å². The van der Waals surface area contributed by atoms with E-state index in [-0.39, 0.29) is 5.91 Å². The Morgan fingerprint density at radius 3 is 2.86 bits per heavy atom. The Labute approximate surface area is 129 Å². The summed E-state index contributed by atoms with van der Waals surface area (Å²) in [7, 11) is 1.64. The largest absolute Gasteiger partial charge is 0.496 e. The van der Waals surface area contributed by atoms with Crippen molar-refractivity contribution in [2.75, 3.05) is 12.4 Å². The van der Waals surface area contributed by atoms with Crippen molar-refractivity contribution in [3.05, 3.63) is 60.3 Å². The summed E-state index contributed by atoms with van der Waals surface area (Å²) in [6, 6.07) is 15.6. The Kier molecular flexibility index (Phi) is 4.10. The first-order valence-electron chi connectivity index (χ1n) is 7.26. The number of carbonyl (C=O) groups excluding carboxylic acids is 1. The maximum Gasteiger partial charge on any atom is 0.224 e. The fourth-order valence-corrected chi connectivity index (χ4v) is 2.56. The number of hydrogen-bond donors (Lipinski definition) is 2. The van der Waals surface area contributed by atoms with Crippen LogP contribution in [-0.4, -0.2) is 18.0 Å². The van der Waals surface area contributed by atoms with Crippen molar-refractivity contribution >= 4 is 22.5 Å². The number of aryl methyl sites for hydroxylation is 1. The van der Waals surface area contributed by atoms with Gasteiger partial charge in [0.15, 0.2) is 0 Å². The summed E-state index contributed by atoms with van der Waals surface area (Å²) in [5.41, 5.74) is 2.89. The second kappa shape index (κ2) is 6.35. The highest BCUT2D eigenvalue weighted by Crippen LogP contribution is 2.23. The maximum absolute atomic E-state index is 12.2. The SMILES string of the molecule is COc1ccccc1CCC(=O)Nc1cccc2[nH]ccc12. The Bertz CT molecular complexity index is 792. The van der Waals surface area contributed by atoms with Gasteiger partial charge in [0.1, 0.15) is 5.75 Å². The van der Waals surface area contributed by atoms with Crippen LogP contribution in [0.2, 0.25) is 0 Å². The Balaban J connectivity index is 1.67. The number of nitrogens with one attached hydrogen (secondary N) is 2. The minimum Gasteiger partial charge on any atom is -0.496 e. The van der Waals surface area contributed by atoms with Gasteiger partial charge in [-0.05, 0) is 36.2 Å². The summed E-state index contributed by atoms with van der Waals surface area (Å²) in [6.45, 7) is 0. The predicted molar refractivity (Wildman–Crippen MR) is 88.2 cm³/mol. The molecule has 1 aromatic heterocycles. The third-order valence-electron chi connectivity index (χ3n) is 3.68. The number of carbonyl (C=O) groups is 1. The van der Waals surface area contributed by atoms with Crippen LogP contribution in [0, 0.1) is 0 Å². The summed E-state index contributed by atoms with van der Waals surface area (Å²) in [6.07, 6.45) is 2.94. The van der Waals surface area contributed by atoms with Gasteiger partial charge in [0, 0.05) is 23.5 Å². The molecule has 0 spiro atoms. The van der Waals surface area contributed by atoms with Gasteiger partial charge in [-0.3, -0.25) is 4.79 Å². The van der Waals surface area contributed by atoms with Crippen molar-refractivity contribution in [2.24, 2.45) is 0 Å². The number of aromatic amines is 1. The molecule has 3 rings (SSSR count). The number of amides is 1. The number of methoxy groups -OCH3 is 1. The number of ether oxygens (including phenoxy) is 1. The van der Waals surface area contributed by atoms with Crippen LogP contribution in [0.25, 0.3) is 10.9 Å². The number of para-hydroxylation sites is 1. The molecule has 0 atom stereocenters. The van der Waals surface area contributed by atoms with Gasteiger partial charge >= 0.3 is 0 Å². The second-order valence-corrected chi connectivity index (χ2v) is 5.10. The van der Waals surface area contributed by atoms with E-state index >= 15 is 0 Å². The summed E-state index contributed by atoms with van der Waals surface area (Å²) >= 11 is 0. The zero-order valence-corrected chi connectivity index (χ0v) is 12.4. The standard InChI is InChI=1S/C18H18N2O2/c1-22-17-8-3-2-5-13(17)9-10-18(21)20-16-7-4-6-15-14(16)11-12-19-15/h2-8,11-12,19H,9-10H2,1H3,(H,20,21). The Morgan fingerprint density at radius 1 is 1.14 bits per heavy atom. The van der Waals surface area contributed by atoms with Crippen LogP contribution in [0.1, 0.15) is 12.0 Å². The van der Waals surface area contributed by atoms with Gasteiger partial charge in [0.05, 0.1) is 12.8 Å². The summed E-state index contributed by atoms with van der Waals surface area (Å²) in [5.74, 6) is 0.822. The molecule has 0 aliphatic heterocycles. The molecule has 0 aliphatic carbocycles. The summed E-state index contributed by atoms with van der Waals surface area (Å²) in [5, 5.41) is 4.00. The molecular formula is C18H18N2O2. The Morgan fingerprint density at radius 2 is 2.00 bits per heavy atom. The lowest BCUT2D eigenvalue weighted by Crippen LogP contribution is -2.12. The minimum atomic E-state index is -0.000365. The molecule has 2 aromatic carbocycles. The molecular weight excluding hydrogens is 276 g/mol. The molecule has 0 saturated heterocycles. The van der Waals surface area contributed by atoms with E-state index in [0.717, 1.165) is 27.9 Å². The first kappa shape index (κ1) is 14.2. The van der Waals surface area contributed by atoms with Gasteiger partial charge in [-0.25, -0.2) is 0 Å². The van der Waals surface area contributed by atoms with Gasteiger partial charge in [-0.2, -0.15) is 0 Å². The third kappa shape index (κ3) is 2.96. The lowest BCUT2D eigenvalue weighted by Gasteiger charge is -2.09. The van der Waals surface area contributed by atoms with Gasteiger partial charge < -0.3 is 15.0 Å². The van der Waals surface area contributed by atoms with Crippen molar-refractivity contribution in [1.82, 2.24) is 4.98 Å². The fourth-order valence-electron chi connectivity index (χ4n) is 2.56. The molecule has 0 unspecified atom stereocenters. The number of rotatable bonds is 5. The molecule has 2 N–H and O–H groups in total. The highest BCUT2D eigenvalue weighted by Gasteiger charge is 2.08. The van der Waals surface area contributed by atoms with Crippen LogP contribution in [0.4, 0.5) is 5.69 Å². The van der Waals surface area contributed by atoms with Crippen LogP contribution in [0.5, 0.6) is 5.75 Å². The van der Waals surface area contributed by atoms with E-state index in [4.69, 9.17) is 4.74 Å². The molecule has 0 bridgehead atoms. The van der Waals surface area contributed by atoms with E-state index in [2.05, 4.69) is 10.3 Å². The molecule has 0 fully saturated rings. The fraction of sp³-hybridized carbons (Fsp3) is 0.167. The molecule has 0 aliphatic rings. The molecule has 0 radical (unpaired) electrons. The number of fused-ring (bicyclic) bond motifs is 1. The molecule has 4 nitrogen and oxygen atoms in total. The number of aromatic nitrogens is 1. The molecule has 22 heavy (non-hydrogen) atoms. The molecule has 4 heteroatoms. The number of hydrogen-bond acceptors (Lipinski definition) is 2. The van der Waals surface area contributed by atoms with Crippen LogP contribution in [-0.2, 0) is 11.2 Å². The number of H-pyrrole nitrogens is 1. The predicted octanol–water partition coefficient (Wildman–Crippen LogP) is 3.75. The van der Waals surface area contributed by atoms with Crippen LogP contribution < -0.4 is 10.1 Å². The minimum absolute atomic E-state index is 0.000365. The average Bonchev–Trinajstić information content (AvgIpc) is 3.03. The highest BCUT2D eigenvalue weighted by atomic mass is 16.5. The average molecular weight is 294 g/mol. The van der Waals surface area contributed by atoms with Crippen LogP contribution in [0.3, 0.4) is 0 Å². The van der Waals surface area contributed by atoms with Crippen molar-refractivity contribution in [1.29, 1.82) is 0 Å². The maximum atomic E-state index is 12.2. The van der Waals surface area contributed by atoms with E-state index < -0.39 is 0 Å². The number of anilines is 1. The van der Waals surface area contributed by atoms with Crippen LogP contribution in [0.15, 0.2) is 54.7 Å². The smallest absolute Gasteiger partial charge is 0.224 e. The van der Waals surface area contributed by atoms with Crippen molar-refractivity contribution in [3.63, 3.8) is 0 Å². The summed E-state index contributed by atoms with van der Waals surface area (Å²) < 4.78 is 5.31. The molecule has 0 saturated carbocycles. The molecule has 3 aromatic rings. The van der Waals surface area contributed by atoms with E-state index in [1.165, 1.54) is 0 Å². The quantitative estimate of drug-likeness (QED) is 0.753. The van der Waals surface area contributed by atoms with Gasteiger partial charge in [-0.1, -0.05) is 24.3 Å². The van der Waals surface area contributed by atoms with Crippen molar-refractivity contribution in [2.45, 2.75) is 12.8 Å². The lowest BCUT2D eigenvalue weighted by atomic mass is 10.1. The molecule has 112 valence electrons. The summed E-state index contributed by atoms with van der Waals surface area (Å²) in [4.78, 5) is 15.3. The first-order valence-corrected chi connectivity index (χ1v) is 7.26. The van der Waals surface area contributed by atoms with Crippen molar-refractivity contribution in [3.8, 4) is 5.75 Å². The van der Waals surface area contributed by atoms with E-state index in [1.54, 1.807) is 7.11 Å². The van der Waals surface area contributed by atoms with Crippen molar-refractivity contribution < 1.29 is 9.53 Å². The van der Waals surface area contributed by atoms with Gasteiger partial charge in [0.25, 0.3) is 0 Å². The number of benzene rings is 2. The van der Waals surface area contributed by atoms with Gasteiger partial charge in [-0.15, -0.1) is 0 Å². The highest BCUT2D eigenvalue weighted by molar-refractivity contribution is 6.01. The monoisotopic (exact) mass is 294 g/mol. The zero-order chi connectivity index (χ0) is 15.4. The Hall–Kier alpha value is -2.75. The normalized spacial score (nSPS) is 10.6. The zero-order valence-electron chi connectivity index (χ0n) is 12.4. The van der Waals surface area contributed by atoms with E-state index in [9.17, 15) is 4.79 Å². The lowest BCUT2D eigenvalue weighted by molar-refractivity contribution is -0.116. The second-order valence-electron chi connectivity index (χ2n) is 5.10. The van der Waals surface area contributed by atoms with E-state index in [0.29, 0.717) is 12.8 Å². The van der Waals surface area contributed by atoms with Crippen LogP contribution >= 0.6 is 0 Å². The first-order chi connectivity index (χ1) is 10.8. The topological polar surface area (TPSA) is 54.1 Å². The third-order valence-corrected chi connectivity index (χ3v) is 3.68.